The molecule has 0 atom stereocenters. The van der Waals surface area contributed by atoms with Crippen LogP contribution in [0.25, 0.3) is 11.3 Å². The van der Waals surface area contributed by atoms with Gasteiger partial charge < -0.3 is 14.8 Å². The summed E-state index contributed by atoms with van der Waals surface area (Å²) in [4.78, 5) is 12.4. The molecular formula is C19H13Br2ClN2O3S. The third-order valence-corrected chi connectivity index (χ3v) is 5.61. The Labute approximate surface area is 188 Å². The van der Waals surface area contributed by atoms with Crippen LogP contribution in [-0.4, -0.2) is 16.1 Å². The molecule has 0 bridgehead atoms. The summed E-state index contributed by atoms with van der Waals surface area (Å²) in [5.74, 6) is 0.222. The number of benzene rings is 2. The Morgan fingerprint density at radius 3 is 2.46 bits per heavy atom. The number of thiocarbonyl (C=S) groups is 1. The van der Waals surface area contributed by atoms with E-state index in [1.165, 1.54) is 0 Å². The first-order chi connectivity index (χ1) is 13.2. The number of nitrogens with one attached hydrogen (secondary N) is 2. The van der Waals surface area contributed by atoms with Crippen LogP contribution in [0.1, 0.15) is 16.1 Å². The van der Waals surface area contributed by atoms with Crippen molar-refractivity contribution in [2.24, 2.45) is 0 Å². The molecule has 3 N–H and O–H groups in total. The maximum atomic E-state index is 12.4. The van der Waals surface area contributed by atoms with E-state index in [0.717, 1.165) is 11.1 Å². The van der Waals surface area contributed by atoms with Gasteiger partial charge >= 0.3 is 0 Å². The number of halogens is 3. The van der Waals surface area contributed by atoms with E-state index in [0.29, 0.717) is 25.4 Å². The number of furan rings is 1. The van der Waals surface area contributed by atoms with Crippen LogP contribution in [0.15, 0.2) is 55.8 Å². The van der Waals surface area contributed by atoms with Crippen LogP contribution in [0.3, 0.4) is 0 Å². The van der Waals surface area contributed by atoms with Crippen molar-refractivity contribution < 1.29 is 14.3 Å². The Morgan fingerprint density at radius 1 is 1.14 bits per heavy atom. The molecule has 5 nitrogen and oxygen atoms in total. The highest BCUT2D eigenvalue weighted by molar-refractivity contribution is 9.11. The molecule has 0 saturated heterocycles. The van der Waals surface area contributed by atoms with Gasteiger partial charge in [-0.15, -0.1) is 0 Å². The van der Waals surface area contributed by atoms with Gasteiger partial charge in [0.25, 0.3) is 5.91 Å². The minimum Gasteiger partial charge on any atom is -0.506 e. The molecule has 0 radical (unpaired) electrons. The molecule has 28 heavy (non-hydrogen) atoms. The molecule has 0 aliphatic rings. The molecule has 0 unspecified atom stereocenters. The fourth-order valence-corrected chi connectivity index (χ4v) is 3.90. The van der Waals surface area contributed by atoms with Crippen molar-refractivity contribution in [3.63, 3.8) is 0 Å². The highest BCUT2D eigenvalue weighted by atomic mass is 79.9. The van der Waals surface area contributed by atoms with Crippen molar-refractivity contribution in [3.05, 3.63) is 67.8 Å². The summed E-state index contributed by atoms with van der Waals surface area (Å²) in [6, 6.07) is 12.1. The number of phenolic OH excluding ortho intramolecular Hbond substituents is 1. The maximum Gasteiger partial charge on any atom is 0.293 e. The Hall–Kier alpha value is -1.87. The number of carbonyl (C=O) groups is 1. The number of rotatable bonds is 3. The van der Waals surface area contributed by atoms with Gasteiger partial charge in [-0.05, 0) is 86.9 Å². The molecular weight excluding hydrogens is 532 g/mol. The summed E-state index contributed by atoms with van der Waals surface area (Å²) < 4.78 is 6.58. The average molecular weight is 545 g/mol. The zero-order valence-corrected chi connectivity index (χ0v) is 19.1. The van der Waals surface area contributed by atoms with Gasteiger partial charge in [0.1, 0.15) is 11.5 Å². The first kappa shape index (κ1) is 20.9. The second kappa shape index (κ2) is 8.65. The Kier molecular flexibility index (Phi) is 6.44. The summed E-state index contributed by atoms with van der Waals surface area (Å²) in [5.41, 5.74) is 2.31. The zero-order valence-electron chi connectivity index (χ0n) is 14.3. The number of amides is 1. The van der Waals surface area contributed by atoms with E-state index in [2.05, 4.69) is 42.5 Å². The fourth-order valence-electron chi connectivity index (χ4n) is 2.33. The van der Waals surface area contributed by atoms with Crippen molar-refractivity contribution in [3.8, 4) is 17.1 Å². The molecule has 0 aliphatic heterocycles. The molecule has 3 rings (SSSR count). The summed E-state index contributed by atoms with van der Waals surface area (Å²) in [6.07, 6.45) is 0. The van der Waals surface area contributed by atoms with Gasteiger partial charge in [-0.2, -0.15) is 0 Å². The SMILES string of the molecule is Cc1ccc(-c2ccc(C(=O)NC(=S)Nc3cc(Br)c(O)c(Br)c3)o2)cc1Cl. The molecule has 1 aromatic heterocycles. The summed E-state index contributed by atoms with van der Waals surface area (Å²) in [7, 11) is 0. The van der Waals surface area contributed by atoms with Crippen LogP contribution in [0.2, 0.25) is 5.02 Å². The van der Waals surface area contributed by atoms with E-state index in [1.54, 1.807) is 30.3 Å². The Morgan fingerprint density at radius 2 is 1.82 bits per heavy atom. The third-order valence-electron chi connectivity index (χ3n) is 3.79. The molecule has 144 valence electrons. The molecule has 3 aromatic rings. The largest absolute Gasteiger partial charge is 0.506 e. The number of aromatic hydroxyl groups is 1. The van der Waals surface area contributed by atoms with Gasteiger partial charge in [-0.1, -0.05) is 23.7 Å². The highest BCUT2D eigenvalue weighted by Gasteiger charge is 2.15. The first-order valence-electron chi connectivity index (χ1n) is 7.91. The minimum atomic E-state index is -0.487. The quantitative estimate of drug-likeness (QED) is 0.268. The standard InChI is InChI=1S/C19H13Br2ClN2O3S/c1-9-2-3-10(6-14(9)22)15-4-5-16(27-15)18(26)24-19(28)23-11-7-12(20)17(25)13(21)8-11/h2-8,25H,1H3,(H2,23,24,26,28). The summed E-state index contributed by atoms with van der Waals surface area (Å²) in [6.45, 7) is 1.91. The van der Waals surface area contributed by atoms with E-state index < -0.39 is 5.91 Å². The third kappa shape index (κ3) is 4.75. The van der Waals surface area contributed by atoms with Gasteiger partial charge in [-0.25, -0.2) is 0 Å². The van der Waals surface area contributed by atoms with Gasteiger partial charge in [0.15, 0.2) is 10.9 Å². The second-order valence-corrected chi connectivity index (χ2v) is 8.35. The van der Waals surface area contributed by atoms with Crippen LogP contribution < -0.4 is 10.6 Å². The van der Waals surface area contributed by atoms with E-state index in [4.69, 9.17) is 28.2 Å². The number of carbonyl (C=O) groups excluding carboxylic acids is 1. The molecule has 0 spiro atoms. The van der Waals surface area contributed by atoms with Crippen LogP contribution in [0, 0.1) is 6.92 Å². The molecule has 9 heteroatoms. The molecule has 1 heterocycles. The van der Waals surface area contributed by atoms with Crippen molar-refractivity contribution in [2.45, 2.75) is 6.92 Å². The van der Waals surface area contributed by atoms with Gasteiger partial charge in [-0.3, -0.25) is 10.1 Å². The normalized spacial score (nSPS) is 10.6. The Balaban J connectivity index is 1.69. The number of anilines is 1. The van der Waals surface area contributed by atoms with E-state index >= 15 is 0 Å². The van der Waals surface area contributed by atoms with Crippen LogP contribution in [0.5, 0.6) is 5.75 Å². The lowest BCUT2D eigenvalue weighted by molar-refractivity contribution is 0.0951. The van der Waals surface area contributed by atoms with Gasteiger partial charge in [0, 0.05) is 16.3 Å². The molecule has 1 amide bonds. The fraction of sp³-hybridized carbons (Fsp3) is 0.0526. The average Bonchev–Trinajstić information content (AvgIpc) is 3.12. The second-order valence-electron chi connectivity index (χ2n) is 5.82. The molecule has 2 aromatic carbocycles. The smallest absolute Gasteiger partial charge is 0.293 e. The number of hydrogen-bond acceptors (Lipinski definition) is 4. The first-order valence-corrected chi connectivity index (χ1v) is 10.3. The van der Waals surface area contributed by atoms with Crippen LogP contribution in [0.4, 0.5) is 5.69 Å². The van der Waals surface area contributed by atoms with E-state index in [1.807, 2.05) is 19.1 Å². The van der Waals surface area contributed by atoms with Crippen molar-refractivity contribution in [1.29, 1.82) is 0 Å². The maximum absolute atomic E-state index is 12.4. The zero-order chi connectivity index (χ0) is 20.4. The highest BCUT2D eigenvalue weighted by Crippen LogP contribution is 2.35. The van der Waals surface area contributed by atoms with Gasteiger partial charge in [0.05, 0.1) is 8.95 Å². The number of hydrogen-bond donors (Lipinski definition) is 3. The lowest BCUT2D eigenvalue weighted by Crippen LogP contribution is -2.33. The topological polar surface area (TPSA) is 74.5 Å². The number of phenols is 1. The molecule has 0 fully saturated rings. The summed E-state index contributed by atoms with van der Waals surface area (Å²) in [5, 5.41) is 15.9. The lowest BCUT2D eigenvalue weighted by atomic mass is 10.1. The monoisotopic (exact) mass is 542 g/mol. The number of aryl methyl sites for hydroxylation is 1. The van der Waals surface area contributed by atoms with Gasteiger partial charge in [0.2, 0.25) is 0 Å². The predicted octanol–water partition coefficient (Wildman–Crippen LogP) is 6.27. The summed E-state index contributed by atoms with van der Waals surface area (Å²) >= 11 is 17.8. The molecule has 0 saturated carbocycles. The Bertz CT molecular complexity index is 1060. The van der Waals surface area contributed by atoms with Crippen molar-refractivity contribution >= 4 is 72.4 Å². The van der Waals surface area contributed by atoms with Crippen LogP contribution in [-0.2, 0) is 0 Å². The van der Waals surface area contributed by atoms with Crippen LogP contribution >= 0.6 is 55.7 Å². The molecule has 0 aliphatic carbocycles. The predicted molar refractivity (Wildman–Crippen MR) is 121 cm³/mol. The van der Waals surface area contributed by atoms with Crippen molar-refractivity contribution in [1.82, 2.24) is 5.32 Å². The lowest BCUT2D eigenvalue weighted by Gasteiger charge is -2.10. The van der Waals surface area contributed by atoms with Crippen molar-refractivity contribution in [2.75, 3.05) is 5.32 Å². The van der Waals surface area contributed by atoms with E-state index in [-0.39, 0.29) is 16.6 Å². The minimum absolute atomic E-state index is 0.0693. The van der Waals surface area contributed by atoms with E-state index in [9.17, 15) is 9.90 Å².